The molecule has 0 aliphatic rings. The molecule has 110 valence electrons. The summed E-state index contributed by atoms with van der Waals surface area (Å²) >= 11 is 3.42. The van der Waals surface area contributed by atoms with Crippen LogP contribution in [0.15, 0.2) is 59.1 Å². The second-order valence-corrected chi connectivity index (χ2v) is 5.57. The Morgan fingerprint density at radius 1 is 1.10 bits per heavy atom. The van der Waals surface area contributed by atoms with Crippen LogP contribution >= 0.6 is 15.9 Å². The monoisotopic (exact) mass is 348 g/mol. The molecule has 0 aliphatic heterocycles. The average Bonchev–Trinajstić information content (AvgIpc) is 2.49. The van der Waals surface area contributed by atoms with Crippen LogP contribution in [0.2, 0.25) is 0 Å². The molecule has 1 unspecified atom stereocenters. The Morgan fingerprint density at radius 3 is 2.43 bits per heavy atom. The summed E-state index contributed by atoms with van der Waals surface area (Å²) in [5.41, 5.74) is 0.810. The molecule has 3 nitrogen and oxygen atoms in total. The smallest absolute Gasteiger partial charge is 0.311 e. The molecule has 2 rings (SSSR count). The Balaban J connectivity index is 1.90. The van der Waals surface area contributed by atoms with Crippen LogP contribution in [0.4, 0.5) is 0 Å². The summed E-state index contributed by atoms with van der Waals surface area (Å²) < 4.78 is 6.43. The van der Waals surface area contributed by atoms with E-state index in [1.807, 2.05) is 54.6 Å². The van der Waals surface area contributed by atoms with Gasteiger partial charge in [0.2, 0.25) is 0 Å². The lowest BCUT2D eigenvalue weighted by Gasteiger charge is -2.14. The number of para-hydroxylation sites is 1. The Labute approximate surface area is 132 Å². The minimum atomic E-state index is -0.804. The predicted octanol–water partition coefficient (Wildman–Crippen LogP) is 4.48. The maximum atomic E-state index is 11.5. The quantitative estimate of drug-likeness (QED) is 0.750. The van der Waals surface area contributed by atoms with E-state index < -0.39 is 11.9 Å². The van der Waals surface area contributed by atoms with E-state index in [1.165, 1.54) is 0 Å². The number of carboxylic acid groups (broad SMARTS) is 1. The van der Waals surface area contributed by atoms with Gasteiger partial charge in [-0.05, 0) is 36.6 Å². The molecule has 0 saturated carbocycles. The summed E-state index contributed by atoms with van der Waals surface area (Å²) in [4.78, 5) is 11.5. The van der Waals surface area contributed by atoms with Gasteiger partial charge < -0.3 is 9.84 Å². The molecule has 4 heteroatoms. The highest BCUT2D eigenvalue weighted by atomic mass is 79.9. The zero-order valence-electron chi connectivity index (χ0n) is 11.5. The van der Waals surface area contributed by atoms with E-state index in [0.717, 1.165) is 15.8 Å². The second-order valence-electron chi connectivity index (χ2n) is 4.72. The van der Waals surface area contributed by atoms with E-state index in [9.17, 15) is 9.90 Å². The first-order valence-electron chi connectivity index (χ1n) is 6.83. The van der Waals surface area contributed by atoms with Crippen LogP contribution in [0.5, 0.6) is 5.75 Å². The third kappa shape index (κ3) is 4.60. The summed E-state index contributed by atoms with van der Waals surface area (Å²) in [5, 5.41) is 9.41. The number of carbonyl (C=O) groups is 1. The number of hydrogen-bond acceptors (Lipinski definition) is 2. The van der Waals surface area contributed by atoms with Crippen molar-refractivity contribution in [3.8, 4) is 5.75 Å². The number of ether oxygens (including phenoxy) is 1. The number of carboxylic acids is 1. The predicted molar refractivity (Wildman–Crippen MR) is 85.7 cm³/mol. The Bertz CT molecular complexity index is 584. The molecule has 0 aromatic heterocycles. The first-order valence-corrected chi connectivity index (χ1v) is 7.63. The van der Waals surface area contributed by atoms with E-state index >= 15 is 0 Å². The van der Waals surface area contributed by atoms with Gasteiger partial charge in [0, 0.05) is 4.47 Å². The molecule has 2 aromatic rings. The number of benzene rings is 2. The molecule has 0 heterocycles. The normalized spacial score (nSPS) is 11.9. The van der Waals surface area contributed by atoms with Crippen LogP contribution in [-0.4, -0.2) is 17.7 Å². The topological polar surface area (TPSA) is 46.5 Å². The van der Waals surface area contributed by atoms with Gasteiger partial charge in [0.1, 0.15) is 5.75 Å². The molecule has 21 heavy (non-hydrogen) atoms. The van der Waals surface area contributed by atoms with Crippen molar-refractivity contribution in [1.29, 1.82) is 0 Å². The van der Waals surface area contributed by atoms with E-state index in [1.54, 1.807) is 0 Å². The number of hydrogen-bond donors (Lipinski definition) is 1. The SMILES string of the molecule is O=C(O)C(CCCOc1ccccc1)c1ccccc1Br. The van der Waals surface area contributed by atoms with E-state index in [0.29, 0.717) is 19.4 Å². The number of halogens is 1. The maximum absolute atomic E-state index is 11.5. The molecule has 0 saturated heterocycles. The third-order valence-corrected chi connectivity index (χ3v) is 3.95. The molecule has 0 fully saturated rings. The Kier molecular flexibility index (Phi) is 5.81. The molecule has 0 bridgehead atoms. The third-order valence-electron chi connectivity index (χ3n) is 3.23. The molecule has 1 N–H and O–H groups in total. The second kappa shape index (κ2) is 7.84. The van der Waals surface area contributed by atoms with Crippen LogP contribution in [0.3, 0.4) is 0 Å². The largest absolute Gasteiger partial charge is 0.494 e. The van der Waals surface area contributed by atoms with Crippen molar-refractivity contribution in [2.75, 3.05) is 6.61 Å². The molecular formula is C17H17BrO3. The summed E-state index contributed by atoms with van der Waals surface area (Å²) in [6, 6.07) is 17.0. The highest BCUT2D eigenvalue weighted by Gasteiger charge is 2.21. The fourth-order valence-corrected chi connectivity index (χ4v) is 2.73. The van der Waals surface area contributed by atoms with Crippen molar-refractivity contribution in [2.45, 2.75) is 18.8 Å². The van der Waals surface area contributed by atoms with Gasteiger partial charge >= 0.3 is 5.97 Å². The summed E-state index contributed by atoms with van der Waals surface area (Å²) in [6.45, 7) is 0.512. The van der Waals surface area contributed by atoms with Gasteiger partial charge in [-0.25, -0.2) is 0 Å². The lowest BCUT2D eigenvalue weighted by atomic mass is 9.94. The van der Waals surface area contributed by atoms with Crippen molar-refractivity contribution in [1.82, 2.24) is 0 Å². The van der Waals surface area contributed by atoms with Crippen LogP contribution in [-0.2, 0) is 4.79 Å². The van der Waals surface area contributed by atoms with E-state index in [4.69, 9.17) is 4.74 Å². The van der Waals surface area contributed by atoms with Gasteiger partial charge in [-0.1, -0.05) is 52.3 Å². The minimum Gasteiger partial charge on any atom is -0.494 e. The van der Waals surface area contributed by atoms with Gasteiger partial charge in [0.25, 0.3) is 0 Å². The maximum Gasteiger partial charge on any atom is 0.311 e. The molecule has 0 aliphatic carbocycles. The van der Waals surface area contributed by atoms with Crippen molar-refractivity contribution >= 4 is 21.9 Å². The van der Waals surface area contributed by atoms with Crippen LogP contribution in [0, 0.1) is 0 Å². The van der Waals surface area contributed by atoms with Crippen molar-refractivity contribution in [3.63, 3.8) is 0 Å². The summed E-state index contributed by atoms with van der Waals surface area (Å²) in [7, 11) is 0. The van der Waals surface area contributed by atoms with Gasteiger partial charge in [0.15, 0.2) is 0 Å². The van der Waals surface area contributed by atoms with Crippen LogP contribution in [0.25, 0.3) is 0 Å². The van der Waals surface area contributed by atoms with Crippen LogP contribution < -0.4 is 4.74 Å². The highest BCUT2D eigenvalue weighted by Crippen LogP contribution is 2.28. The number of aliphatic carboxylic acids is 1. The number of rotatable bonds is 7. The molecule has 2 aromatic carbocycles. The first kappa shape index (κ1) is 15.6. The zero-order valence-corrected chi connectivity index (χ0v) is 13.1. The van der Waals surface area contributed by atoms with Gasteiger partial charge in [-0.2, -0.15) is 0 Å². The molecule has 0 spiro atoms. The lowest BCUT2D eigenvalue weighted by molar-refractivity contribution is -0.139. The van der Waals surface area contributed by atoms with E-state index in [2.05, 4.69) is 15.9 Å². The fraction of sp³-hybridized carbons (Fsp3) is 0.235. The Morgan fingerprint density at radius 2 is 1.76 bits per heavy atom. The van der Waals surface area contributed by atoms with Crippen molar-refractivity contribution < 1.29 is 14.6 Å². The molecular weight excluding hydrogens is 332 g/mol. The molecule has 1 atom stereocenters. The van der Waals surface area contributed by atoms with Crippen molar-refractivity contribution in [3.05, 3.63) is 64.6 Å². The summed E-state index contributed by atoms with van der Waals surface area (Å²) in [6.07, 6.45) is 1.23. The van der Waals surface area contributed by atoms with Gasteiger partial charge in [-0.3, -0.25) is 4.79 Å². The average molecular weight is 349 g/mol. The standard InChI is InChI=1S/C17H17BrO3/c18-16-11-5-4-9-14(16)15(17(19)20)10-6-12-21-13-7-2-1-3-8-13/h1-5,7-9,11,15H,6,10,12H2,(H,19,20). The van der Waals surface area contributed by atoms with Gasteiger partial charge in [0.05, 0.1) is 12.5 Å². The fourth-order valence-electron chi connectivity index (χ4n) is 2.16. The first-order chi connectivity index (χ1) is 10.2. The lowest BCUT2D eigenvalue weighted by Crippen LogP contribution is -2.13. The van der Waals surface area contributed by atoms with E-state index in [-0.39, 0.29) is 0 Å². The van der Waals surface area contributed by atoms with Crippen molar-refractivity contribution in [2.24, 2.45) is 0 Å². The summed E-state index contributed by atoms with van der Waals surface area (Å²) in [5.74, 6) is -0.508. The van der Waals surface area contributed by atoms with Crippen LogP contribution in [0.1, 0.15) is 24.3 Å². The minimum absolute atomic E-state index is 0.512. The Hall–Kier alpha value is -1.81. The molecule has 0 amide bonds. The zero-order chi connectivity index (χ0) is 15.1. The molecule has 0 radical (unpaired) electrons. The highest BCUT2D eigenvalue weighted by molar-refractivity contribution is 9.10. The van der Waals surface area contributed by atoms with Gasteiger partial charge in [-0.15, -0.1) is 0 Å².